The van der Waals surface area contributed by atoms with Crippen LogP contribution in [0.25, 0.3) is 0 Å². The molecule has 1 aromatic carbocycles. The molecule has 0 unspecified atom stereocenters. The van der Waals surface area contributed by atoms with Crippen LogP contribution in [0.3, 0.4) is 0 Å². The minimum absolute atomic E-state index is 0.257. The third-order valence-electron chi connectivity index (χ3n) is 3.84. The Labute approximate surface area is 135 Å². The van der Waals surface area contributed by atoms with Crippen molar-refractivity contribution in [3.8, 4) is 0 Å². The highest BCUT2D eigenvalue weighted by Gasteiger charge is 2.26. The highest BCUT2D eigenvalue weighted by atomic mass is 32.2. The van der Waals surface area contributed by atoms with E-state index in [1.54, 1.807) is 30.5 Å². The Morgan fingerprint density at radius 3 is 2.78 bits per heavy atom. The lowest BCUT2D eigenvalue weighted by atomic mass is 10.1. The summed E-state index contributed by atoms with van der Waals surface area (Å²) in [5.74, 6) is 0.267. The third-order valence-corrected chi connectivity index (χ3v) is 5.02. The summed E-state index contributed by atoms with van der Waals surface area (Å²) in [6, 6.07) is 8.74. The van der Waals surface area contributed by atoms with E-state index in [-0.39, 0.29) is 5.91 Å². The Morgan fingerprint density at radius 2 is 2.09 bits per heavy atom. The quantitative estimate of drug-likeness (QED) is 0.932. The summed E-state index contributed by atoms with van der Waals surface area (Å²) in [6.45, 7) is 2.29. The van der Waals surface area contributed by atoms with Crippen molar-refractivity contribution < 1.29 is 13.2 Å². The Hall–Kier alpha value is -2.41. The fourth-order valence-corrected chi connectivity index (χ4v) is 3.61. The maximum Gasteiger partial charge on any atom is 0.256 e. The number of sulfonamides is 1. The van der Waals surface area contributed by atoms with Gasteiger partial charge in [0.1, 0.15) is 5.82 Å². The zero-order valence-corrected chi connectivity index (χ0v) is 13.7. The third kappa shape index (κ3) is 3.05. The molecule has 0 saturated carbocycles. The number of nitrogens with one attached hydrogen (secondary N) is 1. The van der Waals surface area contributed by atoms with E-state index in [1.807, 2.05) is 13.0 Å². The molecule has 1 aliphatic heterocycles. The van der Waals surface area contributed by atoms with Crippen molar-refractivity contribution in [2.24, 2.45) is 0 Å². The molecule has 0 fully saturated rings. The largest absolute Gasteiger partial charge is 0.306 e. The fourth-order valence-electron chi connectivity index (χ4n) is 2.65. The first-order valence-corrected chi connectivity index (χ1v) is 9.05. The summed E-state index contributed by atoms with van der Waals surface area (Å²) in [5.41, 5.74) is 2.88. The molecule has 1 N–H and O–H groups in total. The maximum absolute atomic E-state index is 12.4. The van der Waals surface area contributed by atoms with Gasteiger partial charge in [0.2, 0.25) is 10.0 Å². The van der Waals surface area contributed by atoms with Crippen molar-refractivity contribution in [3.05, 3.63) is 53.2 Å². The van der Waals surface area contributed by atoms with E-state index in [4.69, 9.17) is 0 Å². The first-order chi connectivity index (χ1) is 10.9. The molecule has 1 aromatic heterocycles. The molecule has 0 bridgehead atoms. The van der Waals surface area contributed by atoms with Crippen LogP contribution in [0.1, 0.15) is 21.5 Å². The second-order valence-electron chi connectivity index (χ2n) is 5.55. The Morgan fingerprint density at radius 1 is 1.30 bits per heavy atom. The summed E-state index contributed by atoms with van der Waals surface area (Å²) >= 11 is 0. The molecular weight excluding hydrogens is 314 g/mol. The normalized spacial score (nSPS) is 13.7. The van der Waals surface area contributed by atoms with Gasteiger partial charge in [-0.1, -0.05) is 6.07 Å². The molecular formula is C16H17N3O3S. The monoisotopic (exact) mass is 331 g/mol. The number of amides is 1. The minimum Gasteiger partial charge on any atom is -0.306 e. The number of hydrogen-bond donors (Lipinski definition) is 1. The summed E-state index contributed by atoms with van der Waals surface area (Å²) in [6.07, 6.45) is 3.41. The first kappa shape index (κ1) is 15.5. The number of aryl methyl sites for hydroxylation is 1. The number of carbonyl (C=O) groups excluding carboxylic acids is 1. The van der Waals surface area contributed by atoms with Crippen LogP contribution in [-0.4, -0.2) is 32.1 Å². The van der Waals surface area contributed by atoms with Gasteiger partial charge in [-0.25, -0.2) is 13.4 Å². The van der Waals surface area contributed by atoms with Gasteiger partial charge >= 0.3 is 0 Å². The van der Waals surface area contributed by atoms with Gasteiger partial charge in [-0.2, -0.15) is 0 Å². The predicted molar refractivity (Wildman–Crippen MR) is 89.3 cm³/mol. The van der Waals surface area contributed by atoms with E-state index in [2.05, 4.69) is 10.3 Å². The van der Waals surface area contributed by atoms with Gasteiger partial charge < -0.3 is 5.32 Å². The molecule has 0 saturated heterocycles. The van der Waals surface area contributed by atoms with Gasteiger partial charge in [-0.3, -0.25) is 9.10 Å². The lowest BCUT2D eigenvalue weighted by molar-refractivity contribution is 0.102. The summed E-state index contributed by atoms with van der Waals surface area (Å²) in [5, 5.41) is 2.78. The van der Waals surface area contributed by atoms with Crippen molar-refractivity contribution in [1.29, 1.82) is 0 Å². The number of carbonyl (C=O) groups is 1. The smallest absolute Gasteiger partial charge is 0.256 e. The van der Waals surface area contributed by atoms with Gasteiger partial charge in [-0.15, -0.1) is 0 Å². The summed E-state index contributed by atoms with van der Waals surface area (Å²) in [4.78, 5) is 16.5. The number of rotatable bonds is 3. The van der Waals surface area contributed by atoms with E-state index < -0.39 is 10.0 Å². The number of aromatic nitrogens is 1. The minimum atomic E-state index is -3.28. The number of pyridine rings is 1. The van der Waals surface area contributed by atoms with Crippen LogP contribution in [0, 0.1) is 6.92 Å². The van der Waals surface area contributed by atoms with Crippen LogP contribution < -0.4 is 9.62 Å². The number of fused-ring (bicyclic) bond motifs is 1. The maximum atomic E-state index is 12.4. The number of hydrogen-bond acceptors (Lipinski definition) is 4. The molecule has 0 radical (unpaired) electrons. The molecule has 3 rings (SSSR count). The second kappa shape index (κ2) is 5.66. The highest BCUT2D eigenvalue weighted by Crippen LogP contribution is 2.30. The second-order valence-corrected chi connectivity index (χ2v) is 7.46. The molecule has 1 aliphatic rings. The van der Waals surface area contributed by atoms with E-state index in [0.717, 1.165) is 11.1 Å². The molecule has 6 nitrogen and oxygen atoms in total. The molecule has 0 spiro atoms. The molecule has 2 heterocycles. The van der Waals surface area contributed by atoms with Gasteiger partial charge in [0.15, 0.2) is 0 Å². The Kier molecular flexibility index (Phi) is 3.81. The van der Waals surface area contributed by atoms with Crippen molar-refractivity contribution >= 4 is 27.4 Å². The van der Waals surface area contributed by atoms with E-state index in [9.17, 15) is 13.2 Å². The van der Waals surface area contributed by atoms with E-state index >= 15 is 0 Å². The van der Waals surface area contributed by atoms with Crippen LogP contribution in [-0.2, 0) is 16.4 Å². The average Bonchev–Trinajstić information content (AvgIpc) is 2.92. The Bertz CT molecular complexity index is 878. The topological polar surface area (TPSA) is 79.4 Å². The molecule has 1 amide bonds. The van der Waals surface area contributed by atoms with Gasteiger partial charge in [0, 0.05) is 18.3 Å². The van der Waals surface area contributed by atoms with Gasteiger partial charge in [0.05, 0.1) is 11.9 Å². The lowest BCUT2D eigenvalue weighted by Crippen LogP contribution is -2.27. The summed E-state index contributed by atoms with van der Waals surface area (Å²) in [7, 11) is -3.28. The molecule has 0 atom stereocenters. The van der Waals surface area contributed by atoms with Crippen LogP contribution in [0.4, 0.5) is 11.5 Å². The highest BCUT2D eigenvalue weighted by molar-refractivity contribution is 7.92. The Balaban J connectivity index is 1.86. The van der Waals surface area contributed by atoms with Crippen LogP contribution >= 0.6 is 0 Å². The zero-order chi connectivity index (χ0) is 16.6. The van der Waals surface area contributed by atoms with Crippen LogP contribution in [0.5, 0.6) is 0 Å². The molecule has 23 heavy (non-hydrogen) atoms. The van der Waals surface area contributed by atoms with Gasteiger partial charge in [-0.05, 0) is 48.7 Å². The molecule has 7 heteroatoms. The first-order valence-electron chi connectivity index (χ1n) is 7.20. The molecule has 2 aromatic rings. The average molecular weight is 331 g/mol. The van der Waals surface area contributed by atoms with E-state index in [1.165, 1.54) is 10.6 Å². The van der Waals surface area contributed by atoms with E-state index in [0.29, 0.717) is 30.0 Å². The number of benzene rings is 1. The van der Waals surface area contributed by atoms with Crippen LogP contribution in [0.2, 0.25) is 0 Å². The summed E-state index contributed by atoms with van der Waals surface area (Å²) < 4.78 is 24.8. The standard InChI is InChI=1S/C16H17N3O3S/c1-11-4-3-8-17-15(11)18-16(20)13-5-6-14-12(10-13)7-9-19(14)23(2,21)22/h3-6,8,10H,7,9H2,1-2H3,(H,17,18,20). The fraction of sp³-hybridized carbons (Fsp3) is 0.250. The van der Waals surface area contributed by atoms with Crippen molar-refractivity contribution in [2.75, 3.05) is 22.4 Å². The van der Waals surface area contributed by atoms with Crippen molar-refractivity contribution in [3.63, 3.8) is 0 Å². The van der Waals surface area contributed by atoms with Crippen molar-refractivity contribution in [2.45, 2.75) is 13.3 Å². The van der Waals surface area contributed by atoms with Crippen molar-refractivity contribution in [1.82, 2.24) is 4.98 Å². The predicted octanol–water partition coefficient (Wildman–Crippen LogP) is 1.96. The number of anilines is 2. The zero-order valence-electron chi connectivity index (χ0n) is 12.9. The lowest BCUT2D eigenvalue weighted by Gasteiger charge is -2.16. The van der Waals surface area contributed by atoms with Gasteiger partial charge in [0.25, 0.3) is 5.91 Å². The SMILES string of the molecule is Cc1cccnc1NC(=O)c1ccc2c(c1)CCN2S(C)(=O)=O. The number of nitrogens with zero attached hydrogens (tertiary/aromatic N) is 2. The molecule has 120 valence electrons. The molecule has 0 aliphatic carbocycles. The van der Waals surface area contributed by atoms with Crippen LogP contribution in [0.15, 0.2) is 36.5 Å².